The first kappa shape index (κ1) is 15.0. The van der Waals surface area contributed by atoms with Gasteiger partial charge in [-0.25, -0.2) is 4.79 Å². The molecule has 0 saturated carbocycles. The van der Waals surface area contributed by atoms with Crippen molar-refractivity contribution < 1.29 is 9.53 Å². The molecule has 5 nitrogen and oxygen atoms in total. The van der Waals surface area contributed by atoms with Crippen molar-refractivity contribution >= 4 is 17.5 Å². The number of anilines is 2. The first-order valence-electron chi connectivity index (χ1n) is 7.87. The molecule has 2 bridgehead atoms. The van der Waals surface area contributed by atoms with E-state index in [9.17, 15) is 4.79 Å². The summed E-state index contributed by atoms with van der Waals surface area (Å²) in [6, 6.07) is 6.53. The molecule has 2 unspecified atom stereocenters. The van der Waals surface area contributed by atoms with Crippen molar-refractivity contribution in [1.29, 1.82) is 0 Å². The summed E-state index contributed by atoms with van der Waals surface area (Å²) in [6.07, 6.45) is 0.895. The van der Waals surface area contributed by atoms with E-state index < -0.39 is 5.60 Å². The number of benzene rings is 1. The highest BCUT2D eigenvalue weighted by Gasteiger charge is 2.48. The molecule has 1 aromatic rings. The highest BCUT2D eigenvalue weighted by Crippen LogP contribution is 2.37. The Hall–Kier alpha value is -1.91. The molecule has 2 N–H and O–H groups in total. The second-order valence-electron chi connectivity index (χ2n) is 7.38. The van der Waals surface area contributed by atoms with Crippen molar-refractivity contribution in [3.05, 3.63) is 23.8 Å². The normalized spacial score (nSPS) is 24.0. The van der Waals surface area contributed by atoms with Gasteiger partial charge in [-0.1, -0.05) is 0 Å². The average Bonchev–Trinajstić information content (AvgIpc) is 2.36. The Bertz CT molecular complexity index is 582. The molecule has 2 atom stereocenters. The number of nitrogens with two attached hydrogens (primary N) is 1. The summed E-state index contributed by atoms with van der Waals surface area (Å²) in [5, 5.41) is 0. The molecule has 0 radical (unpaired) electrons. The second-order valence-corrected chi connectivity index (χ2v) is 7.38. The summed E-state index contributed by atoms with van der Waals surface area (Å²) in [6.45, 7) is 9.53. The maximum atomic E-state index is 12.3. The van der Waals surface area contributed by atoms with Gasteiger partial charge in [0.15, 0.2) is 0 Å². The van der Waals surface area contributed by atoms with Gasteiger partial charge in [-0.3, -0.25) is 4.90 Å². The van der Waals surface area contributed by atoms with Crippen LogP contribution in [0.2, 0.25) is 0 Å². The lowest BCUT2D eigenvalue weighted by Gasteiger charge is -2.56. The molecule has 3 aliphatic rings. The zero-order valence-corrected chi connectivity index (χ0v) is 13.8. The minimum Gasteiger partial charge on any atom is -0.444 e. The van der Waals surface area contributed by atoms with E-state index in [4.69, 9.17) is 10.5 Å². The Morgan fingerprint density at radius 3 is 2.45 bits per heavy atom. The molecule has 0 aliphatic carbocycles. The number of piperazine rings is 1. The molecule has 3 fully saturated rings. The Balaban J connectivity index is 1.68. The van der Waals surface area contributed by atoms with Gasteiger partial charge in [0.25, 0.3) is 0 Å². The maximum absolute atomic E-state index is 12.3. The minimum absolute atomic E-state index is 0.178. The number of piperidine rings is 1. The number of rotatable bonds is 1. The van der Waals surface area contributed by atoms with Gasteiger partial charge >= 0.3 is 6.09 Å². The van der Waals surface area contributed by atoms with E-state index in [1.54, 1.807) is 0 Å². The van der Waals surface area contributed by atoms with Crippen LogP contribution in [0.1, 0.15) is 32.8 Å². The average molecular weight is 303 g/mol. The Morgan fingerprint density at radius 2 is 1.91 bits per heavy atom. The van der Waals surface area contributed by atoms with Crippen LogP contribution >= 0.6 is 0 Å². The highest BCUT2D eigenvalue weighted by atomic mass is 16.6. The van der Waals surface area contributed by atoms with Gasteiger partial charge in [0.1, 0.15) is 5.60 Å². The van der Waals surface area contributed by atoms with E-state index in [1.165, 1.54) is 11.3 Å². The number of hydrogen-bond donors (Lipinski definition) is 1. The predicted octanol–water partition coefficient (Wildman–Crippen LogP) is 2.78. The van der Waals surface area contributed by atoms with Gasteiger partial charge in [0.2, 0.25) is 0 Å². The molecular formula is C17H25N3O2. The molecule has 4 rings (SSSR count). The number of nitrogens with zero attached hydrogens (tertiary/aromatic N) is 2. The number of carbonyl (C=O) groups is 1. The maximum Gasteiger partial charge on any atom is 0.410 e. The second kappa shape index (κ2) is 5.07. The van der Waals surface area contributed by atoms with E-state index >= 15 is 0 Å². The molecule has 22 heavy (non-hydrogen) atoms. The molecular weight excluding hydrogens is 278 g/mol. The number of carbonyl (C=O) groups excluding carboxylic acids is 1. The topological polar surface area (TPSA) is 58.8 Å². The lowest BCUT2D eigenvalue weighted by Crippen LogP contribution is -2.70. The van der Waals surface area contributed by atoms with Crippen LogP contribution in [-0.4, -0.2) is 41.8 Å². The minimum atomic E-state index is -0.436. The smallest absolute Gasteiger partial charge is 0.410 e. The van der Waals surface area contributed by atoms with Crippen LogP contribution in [0.5, 0.6) is 0 Å². The zero-order valence-electron chi connectivity index (χ0n) is 13.8. The zero-order chi connectivity index (χ0) is 16.1. The van der Waals surface area contributed by atoms with E-state index in [-0.39, 0.29) is 18.2 Å². The molecule has 3 heterocycles. The third-order valence-corrected chi connectivity index (χ3v) is 4.36. The first-order valence-corrected chi connectivity index (χ1v) is 7.87. The quantitative estimate of drug-likeness (QED) is 0.811. The van der Waals surface area contributed by atoms with Gasteiger partial charge in [0, 0.05) is 24.5 Å². The predicted molar refractivity (Wildman–Crippen MR) is 88.1 cm³/mol. The molecule has 3 saturated heterocycles. The van der Waals surface area contributed by atoms with Gasteiger partial charge < -0.3 is 15.4 Å². The van der Waals surface area contributed by atoms with Crippen LogP contribution in [-0.2, 0) is 4.74 Å². The summed E-state index contributed by atoms with van der Waals surface area (Å²) >= 11 is 0. The van der Waals surface area contributed by atoms with E-state index in [1.807, 2.05) is 37.8 Å². The fourth-order valence-electron chi connectivity index (χ4n) is 3.45. The molecule has 5 heteroatoms. The summed E-state index contributed by atoms with van der Waals surface area (Å²) in [5.74, 6) is 0. The summed E-state index contributed by atoms with van der Waals surface area (Å²) in [5.41, 5.74) is 8.58. The number of ether oxygens (including phenoxy) is 1. The number of fused-ring (bicyclic) bond motifs is 2. The molecule has 3 aliphatic heterocycles. The molecule has 1 amide bonds. The third-order valence-electron chi connectivity index (χ3n) is 4.36. The first-order chi connectivity index (χ1) is 10.2. The fourth-order valence-corrected chi connectivity index (χ4v) is 3.45. The van der Waals surface area contributed by atoms with Crippen LogP contribution in [0.4, 0.5) is 16.2 Å². The monoisotopic (exact) mass is 303 g/mol. The van der Waals surface area contributed by atoms with Crippen molar-refractivity contribution in [2.24, 2.45) is 0 Å². The van der Waals surface area contributed by atoms with Gasteiger partial charge in [0.05, 0.1) is 12.1 Å². The molecule has 0 spiro atoms. The summed E-state index contributed by atoms with van der Waals surface area (Å²) in [7, 11) is 0. The van der Waals surface area contributed by atoms with Gasteiger partial charge in [-0.15, -0.1) is 0 Å². The number of hydrogen-bond acceptors (Lipinski definition) is 4. The van der Waals surface area contributed by atoms with Crippen LogP contribution in [0.25, 0.3) is 0 Å². The largest absolute Gasteiger partial charge is 0.444 e. The lowest BCUT2D eigenvalue weighted by atomic mass is 9.87. The summed E-state index contributed by atoms with van der Waals surface area (Å²) in [4.78, 5) is 16.5. The van der Waals surface area contributed by atoms with Crippen molar-refractivity contribution in [2.45, 2.75) is 51.8 Å². The van der Waals surface area contributed by atoms with Crippen LogP contribution in [0, 0.1) is 6.92 Å². The molecule has 0 aromatic heterocycles. The Kier molecular flexibility index (Phi) is 3.46. The van der Waals surface area contributed by atoms with Crippen LogP contribution in [0.15, 0.2) is 18.2 Å². The molecule has 120 valence electrons. The van der Waals surface area contributed by atoms with E-state index in [0.29, 0.717) is 0 Å². The lowest BCUT2D eigenvalue weighted by molar-refractivity contribution is -0.0379. The number of amides is 1. The highest BCUT2D eigenvalue weighted by molar-refractivity contribution is 5.71. The van der Waals surface area contributed by atoms with Crippen molar-refractivity contribution in [2.75, 3.05) is 23.7 Å². The molecule has 1 aromatic carbocycles. The van der Waals surface area contributed by atoms with Gasteiger partial charge in [-0.05, 0) is 57.9 Å². The van der Waals surface area contributed by atoms with E-state index in [2.05, 4.69) is 17.9 Å². The number of aryl methyl sites for hydroxylation is 1. The summed E-state index contributed by atoms with van der Waals surface area (Å²) < 4.78 is 5.51. The van der Waals surface area contributed by atoms with Crippen molar-refractivity contribution in [1.82, 2.24) is 4.90 Å². The van der Waals surface area contributed by atoms with Crippen molar-refractivity contribution in [3.63, 3.8) is 0 Å². The van der Waals surface area contributed by atoms with E-state index in [0.717, 1.165) is 25.2 Å². The number of nitrogen functional groups attached to an aromatic ring is 1. The standard InChI is InChI=1S/C17H25N3O2/c1-11-7-12(18)5-6-15(11)19-9-13-8-14(10-19)20(13)16(21)22-17(2,3)4/h5-7,13-14H,8-10,18H2,1-4H3. The van der Waals surface area contributed by atoms with Crippen LogP contribution in [0.3, 0.4) is 0 Å². The fraction of sp³-hybridized carbons (Fsp3) is 0.588. The SMILES string of the molecule is Cc1cc(N)ccc1N1CC2CC(C1)N2C(=O)OC(C)(C)C. The van der Waals surface area contributed by atoms with Crippen LogP contribution < -0.4 is 10.6 Å². The van der Waals surface area contributed by atoms with Crippen molar-refractivity contribution in [3.8, 4) is 0 Å². The Labute approximate surface area is 132 Å². The van der Waals surface area contributed by atoms with Gasteiger partial charge in [-0.2, -0.15) is 0 Å². The third kappa shape index (κ3) is 2.72. The Morgan fingerprint density at radius 1 is 1.27 bits per heavy atom.